The molecule has 2 aromatic carbocycles. The molecule has 0 aromatic heterocycles. The molecule has 0 heterocycles. The molecule has 0 aliphatic rings. The van der Waals surface area contributed by atoms with Gasteiger partial charge < -0.3 is 18.8 Å². The van der Waals surface area contributed by atoms with Crippen LogP contribution in [0.15, 0.2) is 60.7 Å². The summed E-state index contributed by atoms with van der Waals surface area (Å²) in [5, 5.41) is 9.91. The van der Waals surface area contributed by atoms with Gasteiger partial charge in [0.05, 0.1) is 0 Å². The fraction of sp³-hybridized carbons (Fsp3) is 0.100. The minimum absolute atomic E-state index is 0.0181. The molecule has 6 nitrogen and oxygen atoms in total. The maximum atomic E-state index is 11.8. The molecule has 0 spiro atoms. The van der Waals surface area contributed by atoms with Crippen LogP contribution in [-0.4, -0.2) is 17.0 Å². The van der Waals surface area contributed by atoms with E-state index in [2.05, 4.69) is 26.1 Å². The molecule has 0 radical (unpaired) electrons. The zero-order chi connectivity index (χ0) is 20.1. The fourth-order valence-corrected chi connectivity index (χ4v) is 2.14. The van der Waals surface area contributed by atoms with Crippen molar-refractivity contribution in [1.82, 2.24) is 0 Å². The van der Waals surface area contributed by atoms with E-state index in [-0.39, 0.29) is 34.1 Å². The first-order valence-electron chi connectivity index (χ1n) is 7.77. The predicted octanol–water partition coefficient (Wildman–Crippen LogP) is 4.25. The van der Waals surface area contributed by atoms with Gasteiger partial charge in [-0.1, -0.05) is 25.3 Å². The van der Waals surface area contributed by atoms with Crippen molar-refractivity contribution in [2.75, 3.05) is 0 Å². The van der Waals surface area contributed by atoms with Crippen molar-refractivity contribution in [3.8, 4) is 34.1 Å². The van der Waals surface area contributed by atoms with Gasteiger partial charge in [0, 0.05) is 24.1 Å². The van der Waals surface area contributed by atoms with Crippen molar-refractivity contribution in [1.29, 1.82) is 0 Å². The average Bonchev–Trinajstić information content (AvgIpc) is 2.63. The lowest BCUT2D eigenvalue weighted by molar-refractivity contribution is -0.131. The molecule has 7 heteroatoms. The van der Waals surface area contributed by atoms with Crippen molar-refractivity contribution in [3.63, 3.8) is 0 Å². The Balaban J connectivity index is 2.43. The first-order chi connectivity index (χ1) is 12.7. The lowest BCUT2D eigenvalue weighted by Crippen LogP contribution is -2.09. The van der Waals surface area contributed by atoms with E-state index in [0.717, 1.165) is 0 Å². The summed E-state index contributed by atoms with van der Waals surface area (Å²) < 4.78 is 15.3. The second-order valence-corrected chi connectivity index (χ2v) is 5.96. The van der Waals surface area contributed by atoms with Gasteiger partial charge in [-0.3, -0.25) is 0 Å². The highest BCUT2D eigenvalue weighted by Gasteiger charge is 2.15. The summed E-state index contributed by atoms with van der Waals surface area (Å²) in [6.07, 6.45) is 0. The third kappa shape index (κ3) is 4.92. The van der Waals surface area contributed by atoms with Gasteiger partial charge in [0.25, 0.3) is 0 Å². The third-order valence-corrected chi connectivity index (χ3v) is 3.63. The van der Waals surface area contributed by atoms with Gasteiger partial charge in [-0.2, -0.15) is 0 Å². The van der Waals surface area contributed by atoms with Crippen LogP contribution in [0.2, 0.25) is 0 Å². The first-order valence-corrected chi connectivity index (χ1v) is 8.13. The summed E-state index contributed by atoms with van der Waals surface area (Å²) in [5.41, 5.74) is 1.66. The number of hydrogen-bond donors (Lipinski definition) is 2. The topological polar surface area (TPSA) is 82.1 Å². The van der Waals surface area contributed by atoms with E-state index < -0.39 is 11.9 Å². The van der Waals surface area contributed by atoms with Crippen molar-refractivity contribution < 1.29 is 28.4 Å². The summed E-state index contributed by atoms with van der Waals surface area (Å²) in [6, 6.07) is 9.31. The molecule has 0 atom stereocenters. The lowest BCUT2D eigenvalue weighted by atomic mass is 10.0. The molecule has 2 aromatic rings. The summed E-state index contributed by atoms with van der Waals surface area (Å²) in [4.78, 5) is 23.5. The van der Waals surface area contributed by atoms with Crippen LogP contribution in [0, 0.1) is 0 Å². The van der Waals surface area contributed by atoms with Crippen LogP contribution in [0.4, 0.5) is 0 Å². The van der Waals surface area contributed by atoms with E-state index in [1.807, 2.05) is 0 Å². The number of esters is 2. The Bertz CT molecular complexity index is 932. The number of rotatable bonds is 6. The highest BCUT2D eigenvalue weighted by atomic mass is 32.1. The van der Waals surface area contributed by atoms with Crippen molar-refractivity contribution >= 4 is 24.8 Å². The minimum atomic E-state index is -0.655. The number of carbonyl (C=O) groups is 2. The van der Waals surface area contributed by atoms with E-state index in [0.29, 0.717) is 11.1 Å². The zero-order valence-corrected chi connectivity index (χ0v) is 15.7. The van der Waals surface area contributed by atoms with Crippen molar-refractivity contribution in [2.24, 2.45) is 0 Å². The molecule has 140 valence electrons. The van der Waals surface area contributed by atoms with Crippen molar-refractivity contribution in [2.45, 2.75) is 13.8 Å². The van der Waals surface area contributed by atoms with Gasteiger partial charge in [-0.25, -0.2) is 9.59 Å². The summed E-state index contributed by atoms with van der Waals surface area (Å²) in [7, 11) is 0. The van der Waals surface area contributed by atoms with Crippen LogP contribution in [0.3, 0.4) is 0 Å². The van der Waals surface area contributed by atoms with Gasteiger partial charge in [-0.15, -0.1) is 0 Å². The molecule has 2 rings (SSSR count). The normalized spacial score (nSPS) is 10.0. The van der Waals surface area contributed by atoms with Crippen LogP contribution in [-0.2, 0) is 9.59 Å². The number of phenols is 1. The minimum Gasteiger partial charge on any atom is -0.504 e. The van der Waals surface area contributed by atoms with E-state index in [1.54, 1.807) is 24.3 Å². The van der Waals surface area contributed by atoms with E-state index in [9.17, 15) is 14.7 Å². The highest BCUT2D eigenvalue weighted by Crippen LogP contribution is 2.37. The largest absolute Gasteiger partial charge is 0.504 e. The maximum absolute atomic E-state index is 11.8. The zero-order valence-electron chi connectivity index (χ0n) is 14.8. The Kier molecular flexibility index (Phi) is 6.31. The van der Waals surface area contributed by atoms with E-state index in [1.165, 1.54) is 26.0 Å². The molecule has 0 saturated heterocycles. The number of thiol groups is 1. The van der Waals surface area contributed by atoms with E-state index in [4.69, 9.17) is 13.7 Å². The summed E-state index contributed by atoms with van der Waals surface area (Å²) in [6.45, 7) is 10.1. The molecule has 0 aliphatic heterocycles. The number of ether oxygens (including phenoxy) is 2. The van der Waals surface area contributed by atoms with Gasteiger partial charge in [-0.05, 0) is 49.2 Å². The second kappa shape index (κ2) is 8.46. The Hall–Kier alpha value is -3.19. The molecule has 0 saturated carbocycles. The van der Waals surface area contributed by atoms with Crippen LogP contribution in [0.25, 0.3) is 11.1 Å². The average molecular weight is 386 g/mol. The molecular weight excluding hydrogens is 368 g/mol. The number of benzene rings is 2. The number of carbonyl (C=O) groups excluding carboxylic acids is 2. The molecule has 0 unspecified atom stereocenters. The Labute approximate surface area is 162 Å². The Morgan fingerprint density at radius 3 is 1.85 bits per heavy atom. The first kappa shape index (κ1) is 20.1. The lowest BCUT2D eigenvalue weighted by Gasteiger charge is -2.12. The molecule has 27 heavy (non-hydrogen) atoms. The van der Waals surface area contributed by atoms with Crippen LogP contribution < -0.4 is 13.7 Å². The van der Waals surface area contributed by atoms with Crippen LogP contribution >= 0.6 is 12.9 Å². The predicted molar refractivity (Wildman–Crippen MR) is 104 cm³/mol. The monoisotopic (exact) mass is 386 g/mol. The Morgan fingerprint density at radius 1 is 0.852 bits per heavy atom. The van der Waals surface area contributed by atoms with Gasteiger partial charge in [0.15, 0.2) is 23.0 Å². The molecule has 1 N–H and O–H groups in total. The number of hydrogen-bond acceptors (Lipinski definition) is 7. The van der Waals surface area contributed by atoms with Gasteiger partial charge in [0.1, 0.15) is 0 Å². The quantitative estimate of drug-likeness (QED) is 0.254. The molecule has 0 bridgehead atoms. The highest BCUT2D eigenvalue weighted by molar-refractivity contribution is 7.75. The summed E-state index contributed by atoms with van der Waals surface area (Å²) in [5.74, 6) is -1.10. The number of aromatic hydroxyl groups is 1. The molecule has 0 fully saturated rings. The maximum Gasteiger partial charge on any atom is 0.338 e. The van der Waals surface area contributed by atoms with Crippen LogP contribution in [0.5, 0.6) is 23.0 Å². The third-order valence-electron chi connectivity index (χ3n) is 3.44. The second-order valence-electron chi connectivity index (χ2n) is 5.78. The smallest absolute Gasteiger partial charge is 0.338 e. The van der Waals surface area contributed by atoms with Crippen molar-refractivity contribution in [3.05, 3.63) is 60.7 Å². The molecule has 0 aliphatic carbocycles. The molecular formula is C20H18O6S. The van der Waals surface area contributed by atoms with E-state index >= 15 is 0 Å². The SMILES string of the molecule is C=C(C)C(=O)Oc1cc(-c2ccc(OS)c(OC(=O)C(=C)C)c2)ccc1O. The standard InChI is InChI=1S/C20H18O6S/c1-11(2)19(22)24-17-9-13(5-7-15(17)21)14-6-8-16(26-27)18(10-14)25-20(23)12(3)4/h5-10,21,27H,1,3H2,2,4H3. The summed E-state index contributed by atoms with van der Waals surface area (Å²) >= 11 is 3.75. The fourth-order valence-electron chi connectivity index (χ4n) is 1.99. The van der Waals surface area contributed by atoms with Gasteiger partial charge in [0.2, 0.25) is 0 Å². The van der Waals surface area contributed by atoms with Gasteiger partial charge >= 0.3 is 11.9 Å². The number of phenolic OH excluding ortho intramolecular Hbond substituents is 1. The molecule has 0 amide bonds. The Morgan fingerprint density at radius 2 is 1.33 bits per heavy atom. The van der Waals surface area contributed by atoms with Crippen LogP contribution in [0.1, 0.15) is 13.8 Å².